The van der Waals surface area contributed by atoms with E-state index in [0.717, 1.165) is 0 Å². The summed E-state index contributed by atoms with van der Waals surface area (Å²) in [5.41, 5.74) is 10.5. The van der Waals surface area contributed by atoms with Crippen LogP contribution in [0.3, 0.4) is 0 Å². The van der Waals surface area contributed by atoms with Crippen LogP contribution in [0, 0.1) is 0 Å². The normalized spacial score (nSPS) is 17.7. The van der Waals surface area contributed by atoms with Crippen molar-refractivity contribution in [3.63, 3.8) is 0 Å². The Balaban J connectivity index is 1.74. The van der Waals surface area contributed by atoms with Gasteiger partial charge in [0.1, 0.15) is 0 Å². The second kappa shape index (κ2) is 5.92. The van der Waals surface area contributed by atoms with Crippen molar-refractivity contribution in [1.29, 1.82) is 0 Å². The molecule has 0 bridgehead atoms. The van der Waals surface area contributed by atoms with Gasteiger partial charge < -0.3 is 0 Å². The molecule has 3 aromatic carbocycles. The number of rotatable bonds is 2. The van der Waals surface area contributed by atoms with Crippen molar-refractivity contribution in [3.05, 3.63) is 101 Å². The average molecular weight is 401 g/mol. The topological polar surface area (TPSA) is 0 Å². The van der Waals surface area contributed by atoms with Crippen molar-refractivity contribution < 1.29 is 21.8 Å². The van der Waals surface area contributed by atoms with E-state index in [1.807, 2.05) is 0 Å². The predicted molar refractivity (Wildman–Crippen MR) is 103 cm³/mol. The van der Waals surface area contributed by atoms with Crippen molar-refractivity contribution in [3.8, 4) is 11.1 Å². The summed E-state index contributed by atoms with van der Waals surface area (Å²) in [7, 11) is 0. The molecule has 0 amide bonds. The van der Waals surface area contributed by atoms with E-state index in [1.165, 1.54) is 27.8 Å². The molecule has 2 aliphatic carbocycles. The molecule has 25 heavy (non-hydrogen) atoms. The quantitative estimate of drug-likeness (QED) is 0.451. The summed E-state index contributed by atoms with van der Waals surface area (Å²) in [4.78, 5) is 0. The van der Waals surface area contributed by atoms with Crippen LogP contribution in [0.4, 0.5) is 0 Å². The van der Waals surface area contributed by atoms with Crippen LogP contribution in [0.2, 0.25) is 9.26 Å². The monoisotopic (exact) mass is 399 g/mol. The predicted octanol–water partition coefficient (Wildman–Crippen LogP) is 6.65. The molecule has 3 aromatic rings. The summed E-state index contributed by atoms with van der Waals surface area (Å²) in [6.45, 7) is 0. The van der Waals surface area contributed by atoms with Crippen LogP contribution < -0.4 is 0 Å². The van der Waals surface area contributed by atoms with Crippen LogP contribution in [-0.4, -0.2) is 0 Å². The third-order valence-electron chi connectivity index (χ3n) is 5.71. The van der Waals surface area contributed by atoms with E-state index in [0.29, 0.717) is 9.54 Å². The number of fused-ring (bicyclic) bond motifs is 4. The molecule has 0 saturated carbocycles. The molecule has 1 heteroatoms. The molecule has 0 N–H and O–H groups in total. The molecule has 0 fully saturated rings. The van der Waals surface area contributed by atoms with Crippen LogP contribution in [-0.2, 0) is 21.8 Å². The molecule has 0 spiro atoms. The Bertz CT molecular complexity index is 951. The van der Waals surface area contributed by atoms with Gasteiger partial charge in [0.2, 0.25) is 0 Å². The standard InChI is InChI=1S/C22H15.2CH3.Zr/c1-2-8-16-14-17(13-15(16)7-1)22-20-11-5-3-9-18(20)19-10-4-6-12-21(19)22;;;/h1-14,22H;2*1H3;. The van der Waals surface area contributed by atoms with Crippen molar-refractivity contribution in [2.24, 2.45) is 0 Å². The van der Waals surface area contributed by atoms with Gasteiger partial charge in [-0.1, -0.05) is 0 Å². The molecule has 0 saturated heterocycles. The Labute approximate surface area is 157 Å². The van der Waals surface area contributed by atoms with Gasteiger partial charge in [-0.15, -0.1) is 0 Å². The van der Waals surface area contributed by atoms with Gasteiger partial charge in [-0.2, -0.15) is 0 Å². The third-order valence-corrected chi connectivity index (χ3v) is 10.1. The molecule has 0 radical (unpaired) electrons. The second-order valence-electron chi connectivity index (χ2n) is 7.39. The van der Waals surface area contributed by atoms with E-state index in [-0.39, 0.29) is 0 Å². The molecule has 5 rings (SSSR count). The summed E-state index contributed by atoms with van der Waals surface area (Å²) in [5, 5.41) is 0. The van der Waals surface area contributed by atoms with Crippen molar-refractivity contribution in [2.75, 3.05) is 0 Å². The molecule has 0 nitrogen and oxygen atoms in total. The van der Waals surface area contributed by atoms with Crippen LogP contribution in [0.25, 0.3) is 17.2 Å². The Hall–Kier alpha value is -1.72. The van der Waals surface area contributed by atoms with Gasteiger partial charge in [0.15, 0.2) is 0 Å². The van der Waals surface area contributed by atoms with E-state index < -0.39 is 21.8 Å². The van der Waals surface area contributed by atoms with Crippen LogP contribution in [0.5, 0.6) is 0 Å². The second-order valence-corrected chi connectivity index (χ2v) is 14.1. The van der Waals surface area contributed by atoms with Crippen molar-refractivity contribution in [2.45, 2.75) is 18.8 Å². The van der Waals surface area contributed by atoms with E-state index in [4.69, 9.17) is 0 Å². The summed E-state index contributed by atoms with van der Waals surface area (Å²) in [5.74, 6) is 0.431. The molecule has 1 unspecified atom stereocenters. The van der Waals surface area contributed by atoms with Crippen LogP contribution in [0.15, 0.2) is 78.4 Å². The first-order valence-electron chi connectivity index (χ1n) is 9.04. The summed E-state index contributed by atoms with van der Waals surface area (Å²) >= 11 is -1.48. The van der Waals surface area contributed by atoms with Gasteiger partial charge in [0.05, 0.1) is 0 Å². The molecule has 0 aliphatic heterocycles. The van der Waals surface area contributed by atoms with Gasteiger partial charge in [0.25, 0.3) is 0 Å². The maximum absolute atomic E-state index is 2.55. The summed E-state index contributed by atoms with van der Waals surface area (Å²) in [6.07, 6.45) is 2.51. The summed E-state index contributed by atoms with van der Waals surface area (Å²) in [6, 6.07) is 27.1. The van der Waals surface area contributed by atoms with Gasteiger partial charge in [-0.05, 0) is 0 Å². The van der Waals surface area contributed by atoms with Crippen LogP contribution >= 0.6 is 0 Å². The number of allylic oxidation sites excluding steroid dienone is 1. The number of benzene rings is 3. The molecule has 0 aromatic heterocycles. The molecular formula is C24H21Zr. The van der Waals surface area contributed by atoms with Crippen LogP contribution in [0.1, 0.15) is 31.8 Å². The van der Waals surface area contributed by atoms with Gasteiger partial charge in [-0.3, -0.25) is 0 Å². The zero-order valence-electron chi connectivity index (χ0n) is 14.7. The van der Waals surface area contributed by atoms with E-state index in [9.17, 15) is 0 Å². The molecule has 0 heterocycles. The molecule has 2 aliphatic rings. The maximum atomic E-state index is 2.55. The van der Waals surface area contributed by atoms with Gasteiger partial charge >= 0.3 is 158 Å². The Morgan fingerprint density at radius 2 is 1.16 bits per heavy atom. The molecule has 1 atom stereocenters. The summed E-state index contributed by atoms with van der Waals surface area (Å²) < 4.78 is 5.80. The van der Waals surface area contributed by atoms with Crippen molar-refractivity contribution in [1.82, 2.24) is 0 Å². The molecular weight excluding hydrogens is 379 g/mol. The van der Waals surface area contributed by atoms with Crippen molar-refractivity contribution >= 4 is 6.08 Å². The Morgan fingerprint density at radius 3 is 1.76 bits per heavy atom. The Morgan fingerprint density at radius 1 is 0.640 bits per heavy atom. The SMILES string of the molecule is [CH3][Zr]([CH3])[CH]1C(C2c3ccccc3-c3ccccc32)=Cc2ccccc21. The minimum atomic E-state index is -1.48. The van der Waals surface area contributed by atoms with E-state index >= 15 is 0 Å². The minimum absolute atomic E-state index is 0.431. The fourth-order valence-corrected chi connectivity index (χ4v) is 9.19. The average Bonchev–Trinajstić information content (AvgIpc) is 3.17. The van der Waals surface area contributed by atoms with E-state index in [1.54, 1.807) is 11.1 Å². The Kier molecular flexibility index (Phi) is 3.68. The first-order chi connectivity index (χ1) is 12.3. The first-order valence-corrected chi connectivity index (χ1v) is 15.4. The third kappa shape index (κ3) is 2.29. The zero-order chi connectivity index (χ0) is 17.0. The molecule has 121 valence electrons. The fourth-order valence-electron chi connectivity index (χ4n) is 4.76. The van der Waals surface area contributed by atoms with Gasteiger partial charge in [-0.25, -0.2) is 0 Å². The number of hydrogen-bond acceptors (Lipinski definition) is 0. The zero-order valence-corrected chi connectivity index (χ0v) is 17.1. The first kappa shape index (κ1) is 15.5. The van der Waals surface area contributed by atoms with E-state index in [2.05, 4.69) is 88.1 Å². The fraction of sp³-hybridized carbons (Fsp3) is 0.167. The number of hydrogen-bond donors (Lipinski definition) is 0. The van der Waals surface area contributed by atoms with Gasteiger partial charge in [0, 0.05) is 0 Å².